The van der Waals surface area contributed by atoms with Gasteiger partial charge in [-0.25, -0.2) is 4.98 Å². The van der Waals surface area contributed by atoms with Gasteiger partial charge >= 0.3 is 0 Å². The molecule has 1 fully saturated rings. The summed E-state index contributed by atoms with van der Waals surface area (Å²) < 4.78 is 5.07. The maximum absolute atomic E-state index is 13.1. The average molecular weight is 375 g/mol. The van der Waals surface area contributed by atoms with Gasteiger partial charge in [-0.15, -0.1) is 11.3 Å². The Kier molecular flexibility index (Phi) is 6.60. The zero-order valence-corrected chi connectivity index (χ0v) is 15.9. The Balaban J connectivity index is 1.76. The molecule has 0 saturated carbocycles. The molecule has 1 atom stereocenters. The SMILES string of the molecule is COCCNC(=O)C1(Nc2ccccc2)CCCN(Cc2nccs2)C1. The van der Waals surface area contributed by atoms with Crippen molar-refractivity contribution in [2.45, 2.75) is 24.9 Å². The van der Waals surface area contributed by atoms with E-state index in [1.807, 2.05) is 41.9 Å². The Morgan fingerprint density at radius 3 is 2.96 bits per heavy atom. The highest BCUT2D eigenvalue weighted by atomic mass is 32.1. The number of methoxy groups -OCH3 is 1. The number of piperidine rings is 1. The summed E-state index contributed by atoms with van der Waals surface area (Å²) in [6, 6.07) is 9.95. The fourth-order valence-corrected chi connectivity index (χ4v) is 4.04. The van der Waals surface area contributed by atoms with Crippen LogP contribution >= 0.6 is 11.3 Å². The van der Waals surface area contributed by atoms with Crippen LogP contribution in [0.3, 0.4) is 0 Å². The number of aromatic nitrogens is 1. The lowest BCUT2D eigenvalue weighted by Gasteiger charge is -2.42. The summed E-state index contributed by atoms with van der Waals surface area (Å²) in [5, 5.41) is 9.62. The van der Waals surface area contributed by atoms with Crippen LogP contribution < -0.4 is 10.6 Å². The fraction of sp³-hybridized carbons (Fsp3) is 0.474. The molecule has 2 N–H and O–H groups in total. The second kappa shape index (κ2) is 9.12. The molecule has 3 rings (SSSR count). The molecule has 26 heavy (non-hydrogen) atoms. The van der Waals surface area contributed by atoms with Crippen LogP contribution in [0, 0.1) is 0 Å². The van der Waals surface area contributed by atoms with Crippen LogP contribution in [0.2, 0.25) is 0 Å². The highest BCUT2D eigenvalue weighted by Gasteiger charge is 2.42. The first-order valence-corrected chi connectivity index (χ1v) is 9.81. The van der Waals surface area contributed by atoms with Crippen molar-refractivity contribution in [2.24, 2.45) is 0 Å². The molecule has 140 valence electrons. The molecule has 1 aromatic carbocycles. The maximum Gasteiger partial charge on any atom is 0.247 e. The monoisotopic (exact) mass is 374 g/mol. The number of hydrogen-bond donors (Lipinski definition) is 2. The largest absolute Gasteiger partial charge is 0.383 e. The van der Waals surface area contributed by atoms with Crippen molar-refractivity contribution in [3.8, 4) is 0 Å². The second-order valence-electron chi connectivity index (χ2n) is 6.56. The summed E-state index contributed by atoms with van der Waals surface area (Å²) >= 11 is 1.66. The normalized spacial score (nSPS) is 20.7. The highest BCUT2D eigenvalue weighted by molar-refractivity contribution is 7.09. The zero-order chi connectivity index (χ0) is 18.2. The standard InChI is InChI=1S/C19H26N4O2S/c1-25-12-9-21-18(24)19(22-16-6-3-2-4-7-16)8-5-11-23(15-19)14-17-20-10-13-26-17/h2-4,6-7,10,13,22H,5,8-9,11-12,14-15H2,1H3,(H,21,24). The molecule has 7 heteroatoms. The van der Waals surface area contributed by atoms with Gasteiger partial charge in [-0.05, 0) is 31.5 Å². The van der Waals surface area contributed by atoms with Gasteiger partial charge in [0.15, 0.2) is 0 Å². The van der Waals surface area contributed by atoms with Crippen LogP contribution in [0.4, 0.5) is 5.69 Å². The van der Waals surface area contributed by atoms with Gasteiger partial charge in [0.05, 0.1) is 13.2 Å². The summed E-state index contributed by atoms with van der Waals surface area (Å²) in [5.74, 6) is 0.0299. The fourth-order valence-electron chi connectivity index (χ4n) is 3.38. The number of benzene rings is 1. The molecular formula is C19H26N4O2S. The van der Waals surface area contributed by atoms with Crippen LogP contribution in [0.25, 0.3) is 0 Å². The quantitative estimate of drug-likeness (QED) is 0.695. The molecule has 2 heterocycles. The second-order valence-corrected chi connectivity index (χ2v) is 7.54. The van der Waals surface area contributed by atoms with Crippen molar-refractivity contribution < 1.29 is 9.53 Å². The zero-order valence-electron chi connectivity index (χ0n) is 15.1. The van der Waals surface area contributed by atoms with Crippen molar-refractivity contribution in [2.75, 3.05) is 38.7 Å². The van der Waals surface area contributed by atoms with Gasteiger partial charge in [0.1, 0.15) is 10.5 Å². The van der Waals surface area contributed by atoms with Gasteiger partial charge in [-0.1, -0.05) is 18.2 Å². The van der Waals surface area contributed by atoms with Crippen LogP contribution in [0.15, 0.2) is 41.9 Å². The van der Waals surface area contributed by atoms with Gasteiger partial charge in [0, 0.05) is 37.5 Å². The molecule has 1 amide bonds. The summed E-state index contributed by atoms with van der Waals surface area (Å²) in [6.45, 7) is 3.43. The van der Waals surface area contributed by atoms with Crippen LogP contribution in [-0.2, 0) is 16.1 Å². The van der Waals surface area contributed by atoms with E-state index in [-0.39, 0.29) is 5.91 Å². The number of nitrogens with zero attached hydrogens (tertiary/aromatic N) is 2. The minimum absolute atomic E-state index is 0.0299. The Bertz CT molecular complexity index is 680. The number of anilines is 1. The Labute approximate surface area is 158 Å². The van der Waals surface area contributed by atoms with E-state index in [9.17, 15) is 4.79 Å². The first-order chi connectivity index (χ1) is 12.7. The lowest BCUT2D eigenvalue weighted by atomic mass is 9.87. The number of para-hydroxylation sites is 1. The van der Waals surface area contributed by atoms with E-state index < -0.39 is 5.54 Å². The third-order valence-corrected chi connectivity index (χ3v) is 5.36. The number of nitrogens with one attached hydrogen (secondary N) is 2. The minimum atomic E-state index is -0.648. The first-order valence-electron chi connectivity index (χ1n) is 8.93. The number of ether oxygens (including phenoxy) is 1. The molecule has 0 radical (unpaired) electrons. The van der Waals surface area contributed by atoms with Crippen molar-refractivity contribution in [1.82, 2.24) is 15.2 Å². The molecule has 6 nitrogen and oxygen atoms in total. The Morgan fingerprint density at radius 1 is 1.38 bits per heavy atom. The molecule has 1 aliphatic rings. The number of carbonyl (C=O) groups is 1. The lowest BCUT2D eigenvalue weighted by molar-refractivity contribution is -0.127. The Morgan fingerprint density at radius 2 is 2.23 bits per heavy atom. The molecule has 0 spiro atoms. The van der Waals surface area contributed by atoms with E-state index >= 15 is 0 Å². The number of rotatable bonds is 8. The van der Waals surface area contributed by atoms with E-state index in [2.05, 4.69) is 20.5 Å². The third kappa shape index (κ3) is 4.81. The third-order valence-electron chi connectivity index (χ3n) is 4.60. The average Bonchev–Trinajstić information content (AvgIpc) is 3.16. The lowest BCUT2D eigenvalue weighted by Crippen LogP contribution is -2.61. The number of amides is 1. The van der Waals surface area contributed by atoms with Crippen molar-refractivity contribution >= 4 is 22.9 Å². The van der Waals surface area contributed by atoms with E-state index in [4.69, 9.17) is 4.74 Å². The number of carbonyl (C=O) groups excluding carboxylic acids is 1. The summed E-state index contributed by atoms with van der Waals surface area (Å²) in [7, 11) is 1.64. The smallest absolute Gasteiger partial charge is 0.247 e. The van der Waals surface area contributed by atoms with E-state index in [0.717, 1.165) is 36.6 Å². The Hall–Kier alpha value is -1.96. The predicted octanol–water partition coefficient (Wildman–Crippen LogP) is 2.35. The van der Waals surface area contributed by atoms with Gasteiger partial charge in [-0.3, -0.25) is 9.69 Å². The van der Waals surface area contributed by atoms with Gasteiger partial charge < -0.3 is 15.4 Å². The van der Waals surface area contributed by atoms with Crippen LogP contribution in [0.5, 0.6) is 0 Å². The molecule has 0 aliphatic carbocycles. The minimum Gasteiger partial charge on any atom is -0.383 e. The van der Waals surface area contributed by atoms with E-state index in [1.54, 1.807) is 18.4 Å². The van der Waals surface area contributed by atoms with Crippen molar-refractivity contribution in [1.29, 1.82) is 0 Å². The first kappa shape index (κ1) is 18.8. The molecule has 1 unspecified atom stereocenters. The summed E-state index contributed by atoms with van der Waals surface area (Å²) in [4.78, 5) is 19.8. The van der Waals surface area contributed by atoms with Crippen LogP contribution in [0.1, 0.15) is 17.8 Å². The summed E-state index contributed by atoms with van der Waals surface area (Å²) in [6.07, 6.45) is 3.59. The molecule has 2 aromatic rings. The molecule has 1 aromatic heterocycles. The van der Waals surface area contributed by atoms with E-state index in [1.165, 1.54) is 0 Å². The van der Waals surface area contributed by atoms with Crippen molar-refractivity contribution in [3.63, 3.8) is 0 Å². The maximum atomic E-state index is 13.1. The summed E-state index contributed by atoms with van der Waals surface area (Å²) in [5.41, 5.74) is 0.315. The molecular weight excluding hydrogens is 348 g/mol. The van der Waals surface area contributed by atoms with Crippen LogP contribution in [-0.4, -0.2) is 54.7 Å². The molecule has 1 aliphatic heterocycles. The molecule has 0 bridgehead atoms. The van der Waals surface area contributed by atoms with Gasteiger partial charge in [-0.2, -0.15) is 0 Å². The number of hydrogen-bond acceptors (Lipinski definition) is 6. The molecule has 1 saturated heterocycles. The topological polar surface area (TPSA) is 66.5 Å². The number of thiazole rings is 1. The van der Waals surface area contributed by atoms with Crippen molar-refractivity contribution in [3.05, 3.63) is 46.9 Å². The van der Waals surface area contributed by atoms with Gasteiger partial charge in [0.2, 0.25) is 5.91 Å². The highest BCUT2D eigenvalue weighted by Crippen LogP contribution is 2.27. The predicted molar refractivity (Wildman–Crippen MR) is 104 cm³/mol. The van der Waals surface area contributed by atoms with E-state index in [0.29, 0.717) is 19.7 Å². The number of likely N-dealkylation sites (tertiary alicyclic amines) is 1. The van der Waals surface area contributed by atoms with Gasteiger partial charge in [0.25, 0.3) is 0 Å².